The van der Waals surface area contributed by atoms with Gasteiger partial charge in [-0.2, -0.15) is 0 Å². The van der Waals surface area contributed by atoms with Gasteiger partial charge in [-0.15, -0.1) is 0 Å². The van der Waals surface area contributed by atoms with E-state index in [0.29, 0.717) is 12.6 Å². The molecule has 0 saturated heterocycles. The molecule has 0 radical (unpaired) electrons. The molecule has 1 aromatic rings. The number of unbranched alkanes of at least 4 members (excludes halogenated alkanes) is 1. The van der Waals surface area contributed by atoms with Crippen molar-refractivity contribution in [3.05, 3.63) is 24.3 Å². The van der Waals surface area contributed by atoms with E-state index in [1.165, 1.54) is 32.1 Å². The lowest BCUT2D eigenvalue weighted by molar-refractivity contribution is 0.297. The van der Waals surface area contributed by atoms with Crippen LogP contribution in [0.1, 0.15) is 46.0 Å². The molecule has 0 saturated carbocycles. The first-order valence-electron chi connectivity index (χ1n) is 7.80. The van der Waals surface area contributed by atoms with Gasteiger partial charge in [0, 0.05) is 12.6 Å². The maximum absolute atomic E-state index is 5.72. The predicted molar refractivity (Wildman–Crippen MR) is 84.7 cm³/mol. The van der Waals surface area contributed by atoms with Gasteiger partial charge < -0.3 is 14.8 Å². The topological polar surface area (TPSA) is 30.5 Å². The lowest BCUT2D eigenvalue weighted by atomic mass is 10.1. The summed E-state index contributed by atoms with van der Waals surface area (Å²) in [6, 6.07) is 8.37. The Morgan fingerprint density at radius 2 is 1.70 bits per heavy atom. The van der Waals surface area contributed by atoms with Crippen molar-refractivity contribution in [2.45, 2.75) is 52.0 Å². The third kappa shape index (κ3) is 6.80. The van der Waals surface area contributed by atoms with Gasteiger partial charge in [-0.3, -0.25) is 0 Å². The fourth-order valence-electron chi connectivity index (χ4n) is 2.25. The lowest BCUT2D eigenvalue weighted by Gasteiger charge is -2.18. The summed E-state index contributed by atoms with van der Waals surface area (Å²) >= 11 is 0. The van der Waals surface area contributed by atoms with Crippen LogP contribution in [0.5, 0.6) is 11.5 Å². The molecule has 0 heterocycles. The Morgan fingerprint density at radius 1 is 1.00 bits per heavy atom. The molecule has 1 aromatic carbocycles. The minimum absolute atomic E-state index is 0.638. The highest BCUT2D eigenvalue weighted by molar-refractivity contribution is 5.31. The van der Waals surface area contributed by atoms with Crippen LogP contribution in [0.3, 0.4) is 0 Å². The number of nitrogens with one attached hydrogen (secondary N) is 1. The van der Waals surface area contributed by atoms with E-state index in [1.54, 1.807) is 7.11 Å². The molecule has 0 amide bonds. The van der Waals surface area contributed by atoms with E-state index >= 15 is 0 Å². The Balaban J connectivity index is 2.21. The van der Waals surface area contributed by atoms with Crippen molar-refractivity contribution in [1.82, 2.24) is 5.32 Å². The molecule has 0 aliphatic heterocycles. The fraction of sp³-hybridized carbons (Fsp3) is 0.647. The van der Waals surface area contributed by atoms with Gasteiger partial charge in [0.2, 0.25) is 0 Å². The van der Waals surface area contributed by atoms with E-state index in [0.717, 1.165) is 18.0 Å². The van der Waals surface area contributed by atoms with Crippen LogP contribution in [0.15, 0.2) is 24.3 Å². The number of rotatable bonds is 11. The van der Waals surface area contributed by atoms with E-state index in [-0.39, 0.29) is 0 Å². The van der Waals surface area contributed by atoms with Crippen molar-refractivity contribution < 1.29 is 9.47 Å². The third-order valence-electron chi connectivity index (χ3n) is 3.41. The number of ether oxygens (including phenoxy) is 2. The van der Waals surface area contributed by atoms with Crippen LogP contribution in [-0.2, 0) is 0 Å². The van der Waals surface area contributed by atoms with Crippen LogP contribution in [0.25, 0.3) is 0 Å². The highest BCUT2D eigenvalue weighted by atomic mass is 16.5. The van der Waals surface area contributed by atoms with Crippen molar-refractivity contribution >= 4 is 0 Å². The van der Waals surface area contributed by atoms with Crippen LogP contribution in [0.2, 0.25) is 0 Å². The summed E-state index contributed by atoms with van der Waals surface area (Å²) in [6.07, 6.45) is 6.33. The van der Waals surface area contributed by atoms with Crippen LogP contribution in [0.4, 0.5) is 0 Å². The van der Waals surface area contributed by atoms with Gasteiger partial charge >= 0.3 is 0 Å². The van der Waals surface area contributed by atoms with Crippen molar-refractivity contribution in [3.63, 3.8) is 0 Å². The number of benzene rings is 1. The minimum Gasteiger partial charge on any atom is -0.497 e. The zero-order chi connectivity index (χ0) is 14.6. The van der Waals surface area contributed by atoms with E-state index in [9.17, 15) is 0 Å². The van der Waals surface area contributed by atoms with Gasteiger partial charge in [0.15, 0.2) is 0 Å². The molecule has 1 atom stereocenters. The molecule has 3 nitrogen and oxygen atoms in total. The summed E-state index contributed by atoms with van der Waals surface area (Å²) in [6.45, 7) is 6.10. The summed E-state index contributed by atoms with van der Waals surface area (Å²) in [4.78, 5) is 0. The molecule has 0 aliphatic rings. The average molecular weight is 279 g/mol. The molecular formula is C17H29NO2. The molecule has 0 aliphatic carbocycles. The van der Waals surface area contributed by atoms with Gasteiger partial charge in [-0.25, -0.2) is 0 Å². The second-order valence-corrected chi connectivity index (χ2v) is 5.11. The van der Waals surface area contributed by atoms with Gasteiger partial charge in [-0.05, 0) is 37.1 Å². The zero-order valence-electron chi connectivity index (χ0n) is 13.2. The van der Waals surface area contributed by atoms with Gasteiger partial charge in [0.25, 0.3) is 0 Å². The maximum atomic E-state index is 5.72. The van der Waals surface area contributed by atoms with Crippen molar-refractivity contribution in [3.8, 4) is 11.5 Å². The molecule has 1 N–H and O–H groups in total. The standard InChI is InChI=1S/C17H29NO2/c1-4-6-8-15(7-5-2)18-13-14-20-17-11-9-16(19-3)10-12-17/h9-12,15,18H,4-8,13-14H2,1-3H3. The van der Waals surface area contributed by atoms with E-state index < -0.39 is 0 Å². The van der Waals surface area contributed by atoms with Crippen LogP contribution < -0.4 is 14.8 Å². The van der Waals surface area contributed by atoms with Crippen molar-refractivity contribution in [2.75, 3.05) is 20.3 Å². The summed E-state index contributed by atoms with van der Waals surface area (Å²) in [5, 5.41) is 3.60. The summed E-state index contributed by atoms with van der Waals surface area (Å²) in [5.74, 6) is 1.76. The van der Waals surface area contributed by atoms with E-state index in [2.05, 4.69) is 19.2 Å². The average Bonchev–Trinajstić information content (AvgIpc) is 2.49. The molecule has 0 fully saturated rings. The van der Waals surface area contributed by atoms with Gasteiger partial charge in [0.1, 0.15) is 18.1 Å². The molecule has 20 heavy (non-hydrogen) atoms. The molecule has 0 spiro atoms. The normalized spacial score (nSPS) is 12.2. The zero-order valence-corrected chi connectivity index (χ0v) is 13.2. The molecule has 114 valence electrons. The molecule has 3 heteroatoms. The lowest BCUT2D eigenvalue weighted by Crippen LogP contribution is -2.32. The number of hydrogen-bond acceptors (Lipinski definition) is 3. The first kappa shape index (κ1) is 16.8. The van der Waals surface area contributed by atoms with Gasteiger partial charge in [0.05, 0.1) is 7.11 Å². The fourth-order valence-corrected chi connectivity index (χ4v) is 2.25. The maximum Gasteiger partial charge on any atom is 0.119 e. The first-order chi connectivity index (χ1) is 9.80. The third-order valence-corrected chi connectivity index (χ3v) is 3.41. The summed E-state index contributed by atoms with van der Waals surface area (Å²) in [7, 11) is 1.67. The Kier molecular flexibility index (Phi) is 8.88. The molecule has 0 bridgehead atoms. The second-order valence-electron chi connectivity index (χ2n) is 5.11. The molecule has 1 unspecified atom stereocenters. The summed E-state index contributed by atoms with van der Waals surface area (Å²) in [5.41, 5.74) is 0. The highest BCUT2D eigenvalue weighted by Crippen LogP contribution is 2.16. The highest BCUT2D eigenvalue weighted by Gasteiger charge is 2.05. The van der Waals surface area contributed by atoms with Crippen LogP contribution in [0, 0.1) is 0 Å². The predicted octanol–water partition coefficient (Wildman–Crippen LogP) is 4.02. The molecular weight excluding hydrogens is 250 g/mol. The first-order valence-corrected chi connectivity index (χ1v) is 7.80. The van der Waals surface area contributed by atoms with Crippen LogP contribution in [-0.4, -0.2) is 26.3 Å². The largest absolute Gasteiger partial charge is 0.497 e. The quantitative estimate of drug-likeness (QED) is 0.621. The van der Waals surface area contributed by atoms with E-state index in [4.69, 9.17) is 9.47 Å². The molecule has 1 rings (SSSR count). The minimum atomic E-state index is 0.638. The monoisotopic (exact) mass is 279 g/mol. The summed E-state index contributed by atoms with van der Waals surface area (Å²) < 4.78 is 10.8. The Hall–Kier alpha value is -1.22. The smallest absolute Gasteiger partial charge is 0.119 e. The van der Waals surface area contributed by atoms with Gasteiger partial charge in [-0.1, -0.05) is 33.1 Å². The van der Waals surface area contributed by atoms with E-state index in [1.807, 2.05) is 24.3 Å². The van der Waals surface area contributed by atoms with Crippen molar-refractivity contribution in [2.24, 2.45) is 0 Å². The Morgan fingerprint density at radius 3 is 2.30 bits per heavy atom. The van der Waals surface area contributed by atoms with Crippen molar-refractivity contribution in [1.29, 1.82) is 0 Å². The Labute approximate surface area is 123 Å². The number of methoxy groups -OCH3 is 1. The SMILES string of the molecule is CCCCC(CCC)NCCOc1ccc(OC)cc1. The van der Waals surface area contributed by atoms with Crippen LogP contribution >= 0.6 is 0 Å². The molecule has 0 aromatic heterocycles. The Bertz CT molecular complexity index is 337. The number of hydrogen-bond donors (Lipinski definition) is 1. The second kappa shape index (κ2) is 10.6.